The number of hydrogen-bond donors (Lipinski definition) is 0. The SMILES string of the molecule is C=C(C)CC(=O)c1ccc(CC)cc1. The predicted octanol–water partition coefficient (Wildman–Crippen LogP) is 3.40. The Hall–Kier alpha value is -1.37. The minimum atomic E-state index is 0.153. The highest BCUT2D eigenvalue weighted by atomic mass is 16.1. The molecule has 0 aromatic heterocycles. The molecule has 14 heavy (non-hydrogen) atoms. The lowest BCUT2D eigenvalue weighted by molar-refractivity contribution is 0.0993. The molecule has 1 nitrogen and oxygen atoms in total. The molecular formula is C13H16O. The van der Waals surface area contributed by atoms with E-state index in [2.05, 4.69) is 13.5 Å². The summed E-state index contributed by atoms with van der Waals surface area (Å²) in [4.78, 5) is 11.6. The number of rotatable bonds is 4. The molecule has 0 N–H and O–H groups in total. The van der Waals surface area contributed by atoms with Gasteiger partial charge in [0.1, 0.15) is 0 Å². The lowest BCUT2D eigenvalue weighted by Gasteiger charge is -2.01. The zero-order valence-corrected chi connectivity index (χ0v) is 8.84. The van der Waals surface area contributed by atoms with Gasteiger partial charge in [-0.2, -0.15) is 0 Å². The Kier molecular flexibility index (Phi) is 3.63. The van der Waals surface area contributed by atoms with Gasteiger partial charge < -0.3 is 0 Å². The summed E-state index contributed by atoms with van der Waals surface area (Å²) < 4.78 is 0. The maximum atomic E-state index is 11.6. The van der Waals surface area contributed by atoms with Crippen molar-refractivity contribution in [2.45, 2.75) is 26.7 Å². The standard InChI is InChI=1S/C13H16O/c1-4-11-5-7-12(8-6-11)13(14)9-10(2)3/h5-8H,2,4,9H2,1,3H3. The quantitative estimate of drug-likeness (QED) is 0.523. The zero-order chi connectivity index (χ0) is 10.6. The molecule has 0 heterocycles. The number of allylic oxidation sites excluding steroid dienone is 1. The van der Waals surface area contributed by atoms with Crippen LogP contribution in [0.25, 0.3) is 0 Å². The number of carbonyl (C=O) groups excluding carboxylic acids is 1. The van der Waals surface area contributed by atoms with Gasteiger partial charge in [-0.05, 0) is 18.9 Å². The average Bonchev–Trinajstić information content (AvgIpc) is 2.17. The maximum absolute atomic E-state index is 11.6. The highest BCUT2D eigenvalue weighted by Crippen LogP contribution is 2.09. The van der Waals surface area contributed by atoms with E-state index >= 15 is 0 Å². The smallest absolute Gasteiger partial charge is 0.166 e. The second-order valence-corrected chi connectivity index (χ2v) is 3.61. The van der Waals surface area contributed by atoms with Crippen LogP contribution in [0, 0.1) is 0 Å². The molecule has 0 atom stereocenters. The summed E-state index contributed by atoms with van der Waals surface area (Å²) in [6, 6.07) is 7.80. The topological polar surface area (TPSA) is 17.1 Å². The molecule has 1 rings (SSSR count). The molecule has 0 spiro atoms. The minimum absolute atomic E-state index is 0.153. The Labute approximate surface area is 85.5 Å². The maximum Gasteiger partial charge on any atom is 0.166 e. The number of Topliss-reactive ketones (excluding diaryl/α,β-unsaturated/α-hetero) is 1. The van der Waals surface area contributed by atoms with Crippen LogP contribution in [0.2, 0.25) is 0 Å². The van der Waals surface area contributed by atoms with Gasteiger partial charge >= 0.3 is 0 Å². The zero-order valence-electron chi connectivity index (χ0n) is 8.84. The van der Waals surface area contributed by atoms with Gasteiger partial charge in [-0.3, -0.25) is 4.79 Å². The van der Waals surface area contributed by atoms with E-state index in [1.165, 1.54) is 5.56 Å². The minimum Gasteiger partial charge on any atom is -0.294 e. The van der Waals surface area contributed by atoms with Crippen molar-refractivity contribution in [3.63, 3.8) is 0 Å². The van der Waals surface area contributed by atoms with Gasteiger partial charge in [0.25, 0.3) is 0 Å². The van der Waals surface area contributed by atoms with E-state index in [-0.39, 0.29) is 5.78 Å². The second kappa shape index (κ2) is 4.75. The Bertz CT molecular complexity index is 333. The summed E-state index contributed by atoms with van der Waals surface area (Å²) in [7, 11) is 0. The van der Waals surface area contributed by atoms with Crippen LogP contribution in [0.15, 0.2) is 36.4 Å². The predicted molar refractivity (Wildman–Crippen MR) is 59.6 cm³/mol. The van der Waals surface area contributed by atoms with Gasteiger partial charge in [0.05, 0.1) is 0 Å². The van der Waals surface area contributed by atoms with Gasteiger partial charge in [0.15, 0.2) is 5.78 Å². The van der Waals surface area contributed by atoms with Crippen LogP contribution in [0.1, 0.15) is 36.2 Å². The van der Waals surface area contributed by atoms with E-state index in [1.54, 1.807) is 0 Å². The molecule has 0 unspecified atom stereocenters. The first-order valence-electron chi connectivity index (χ1n) is 4.90. The molecule has 1 heteroatoms. The average molecular weight is 188 g/mol. The Balaban J connectivity index is 2.76. The molecule has 0 bridgehead atoms. The fourth-order valence-corrected chi connectivity index (χ4v) is 1.30. The van der Waals surface area contributed by atoms with E-state index in [0.29, 0.717) is 6.42 Å². The Morgan fingerprint density at radius 2 is 1.86 bits per heavy atom. The molecule has 1 aromatic carbocycles. The summed E-state index contributed by atoms with van der Waals surface area (Å²) in [6.45, 7) is 7.71. The van der Waals surface area contributed by atoms with Gasteiger partial charge in [0, 0.05) is 12.0 Å². The van der Waals surface area contributed by atoms with Crippen molar-refractivity contribution >= 4 is 5.78 Å². The lowest BCUT2D eigenvalue weighted by Crippen LogP contribution is -1.99. The van der Waals surface area contributed by atoms with E-state index in [4.69, 9.17) is 0 Å². The van der Waals surface area contributed by atoms with E-state index in [0.717, 1.165) is 17.6 Å². The Morgan fingerprint density at radius 1 is 1.29 bits per heavy atom. The molecule has 0 amide bonds. The molecule has 0 saturated carbocycles. The molecular weight excluding hydrogens is 172 g/mol. The lowest BCUT2D eigenvalue weighted by atomic mass is 10.0. The van der Waals surface area contributed by atoms with Crippen LogP contribution in [0.5, 0.6) is 0 Å². The van der Waals surface area contributed by atoms with Crippen LogP contribution >= 0.6 is 0 Å². The van der Waals surface area contributed by atoms with Crippen molar-refractivity contribution in [3.05, 3.63) is 47.5 Å². The third-order valence-electron chi connectivity index (χ3n) is 2.15. The largest absolute Gasteiger partial charge is 0.294 e. The van der Waals surface area contributed by atoms with Crippen LogP contribution in [0.4, 0.5) is 0 Å². The highest BCUT2D eigenvalue weighted by molar-refractivity contribution is 5.97. The molecule has 1 aromatic rings. The summed E-state index contributed by atoms with van der Waals surface area (Å²) in [5, 5.41) is 0. The summed E-state index contributed by atoms with van der Waals surface area (Å²) in [5.74, 6) is 0.153. The number of ketones is 1. The third-order valence-corrected chi connectivity index (χ3v) is 2.15. The van der Waals surface area contributed by atoms with Gasteiger partial charge in [-0.15, -0.1) is 0 Å². The normalized spacial score (nSPS) is 9.86. The van der Waals surface area contributed by atoms with Crippen molar-refractivity contribution < 1.29 is 4.79 Å². The first kappa shape index (κ1) is 10.7. The molecule has 0 radical (unpaired) electrons. The van der Waals surface area contributed by atoms with Crippen LogP contribution in [-0.2, 0) is 6.42 Å². The van der Waals surface area contributed by atoms with Crippen molar-refractivity contribution in [1.82, 2.24) is 0 Å². The van der Waals surface area contributed by atoms with E-state index in [1.807, 2.05) is 31.2 Å². The van der Waals surface area contributed by atoms with Gasteiger partial charge in [-0.25, -0.2) is 0 Å². The van der Waals surface area contributed by atoms with Crippen LogP contribution < -0.4 is 0 Å². The molecule has 0 aliphatic rings. The number of hydrogen-bond acceptors (Lipinski definition) is 1. The second-order valence-electron chi connectivity index (χ2n) is 3.61. The first-order valence-corrected chi connectivity index (χ1v) is 4.90. The summed E-state index contributed by atoms with van der Waals surface area (Å²) in [6.07, 6.45) is 1.46. The molecule has 0 saturated heterocycles. The number of benzene rings is 1. The first-order chi connectivity index (χ1) is 6.63. The van der Waals surface area contributed by atoms with Crippen LogP contribution in [0.3, 0.4) is 0 Å². The molecule has 0 fully saturated rings. The van der Waals surface area contributed by atoms with Crippen molar-refractivity contribution in [3.8, 4) is 0 Å². The summed E-state index contributed by atoms with van der Waals surface area (Å²) >= 11 is 0. The van der Waals surface area contributed by atoms with Gasteiger partial charge in [-0.1, -0.05) is 43.3 Å². The van der Waals surface area contributed by atoms with E-state index in [9.17, 15) is 4.79 Å². The number of aryl methyl sites for hydroxylation is 1. The fourth-order valence-electron chi connectivity index (χ4n) is 1.30. The fraction of sp³-hybridized carbons (Fsp3) is 0.308. The van der Waals surface area contributed by atoms with Crippen molar-refractivity contribution in [2.75, 3.05) is 0 Å². The molecule has 0 aliphatic heterocycles. The molecule has 74 valence electrons. The molecule has 0 aliphatic carbocycles. The highest BCUT2D eigenvalue weighted by Gasteiger charge is 2.04. The van der Waals surface area contributed by atoms with Crippen molar-refractivity contribution in [1.29, 1.82) is 0 Å². The van der Waals surface area contributed by atoms with Crippen LogP contribution in [-0.4, -0.2) is 5.78 Å². The Morgan fingerprint density at radius 3 is 2.29 bits per heavy atom. The summed E-state index contributed by atoms with van der Waals surface area (Å²) in [5.41, 5.74) is 2.96. The van der Waals surface area contributed by atoms with E-state index < -0.39 is 0 Å². The van der Waals surface area contributed by atoms with Crippen molar-refractivity contribution in [2.24, 2.45) is 0 Å². The van der Waals surface area contributed by atoms with Gasteiger partial charge in [0.2, 0.25) is 0 Å². The third kappa shape index (κ3) is 2.84. The number of carbonyl (C=O) groups is 1. The monoisotopic (exact) mass is 188 g/mol.